The average molecular weight is 502 g/mol. The molecule has 0 unspecified atom stereocenters. The van der Waals surface area contributed by atoms with E-state index in [4.69, 9.17) is 33.0 Å². The third-order valence-electron chi connectivity index (χ3n) is 5.17. The van der Waals surface area contributed by atoms with Gasteiger partial charge in [0, 0.05) is 30.6 Å². The minimum absolute atomic E-state index is 0.0540. The average Bonchev–Trinajstić information content (AvgIpc) is 3.29. The van der Waals surface area contributed by atoms with Crippen LogP contribution in [0, 0.1) is 0 Å². The standard InChI is InChI=1S/C21H25Cl2N3O5S/c1-2-3-7-31-19-13-9-15(22)16(23)10-14(13)20(28)26(17(19)11-24-21(29)30)5-4-18(27)25-6-8-32-12-25/h9-10,24H,2-8,11-12H2,1H3,(H,29,30). The Bertz CT molecular complexity index is 1070. The SMILES string of the molecule is CCCCOc1c(CNC(=O)O)n(CCC(=O)N2CCSC2)c(=O)c2cc(Cl)c(Cl)cc12. The van der Waals surface area contributed by atoms with E-state index in [2.05, 4.69) is 5.32 Å². The Morgan fingerprint density at radius 3 is 2.59 bits per heavy atom. The molecule has 11 heteroatoms. The van der Waals surface area contributed by atoms with E-state index in [0.29, 0.717) is 41.2 Å². The van der Waals surface area contributed by atoms with Crippen LogP contribution in [-0.4, -0.2) is 51.4 Å². The van der Waals surface area contributed by atoms with Crippen LogP contribution in [0.4, 0.5) is 4.79 Å². The van der Waals surface area contributed by atoms with Crippen molar-refractivity contribution >= 4 is 57.7 Å². The molecule has 1 aliphatic rings. The predicted molar refractivity (Wildman–Crippen MR) is 127 cm³/mol. The van der Waals surface area contributed by atoms with Gasteiger partial charge in [-0.15, -0.1) is 11.8 Å². The molecule has 1 aliphatic heterocycles. The molecule has 0 atom stereocenters. The number of halogens is 2. The fraction of sp³-hybridized carbons (Fsp3) is 0.476. The highest BCUT2D eigenvalue weighted by Crippen LogP contribution is 2.34. The number of ether oxygens (including phenoxy) is 1. The number of pyridine rings is 1. The molecular weight excluding hydrogens is 477 g/mol. The van der Waals surface area contributed by atoms with Crippen LogP contribution in [-0.2, 0) is 17.9 Å². The van der Waals surface area contributed by atoms with Gasteiger partial charge in [-0.25, -0.2) is 4.79 Å². The third-order valence-corrected chi connectivity index (χ3v) is 6.86. The molecule has 1 fully saturated rings. The van der Waals surface area contributed by atoms with Crippen LogP contribution < -0.4 is 15.6 Å². The summed E-state index contributed by atoms with van der Waals surface area (Å²) in [5.74, 6) is 1.84. The lowest BCUT2D eigenvalue weighted by Gasteiger charge is -2.21. The van der Waals surface area contributed by atoms with Gasteiger partial charge in [0.1, 0.15) is 5.75 Å². The first kappa shape index (κ1) is 24.5. The van der Waals surface area contributed by atoms with Gasteiger partial charge in [-0.3, -0.25) is 9.59 Å². The maximum absolute atomic E-state index is 13.4. The number of fused-ring (bicyclic) bond motifs is 1. The molecule has 8 nitrogen and oxygen atoms in total. The number of aromatic nitrogens is 1. The largest absolute Gasteiger partial charge is 0.491 e. The lowest BCUT2D eigenvalue weighted by Crippen LogP contribution is -2.33. The van der Waals surface area contributed by atoms with Crippen LogP contribution >= 0.6 is 35.0 Å². The molecule has 1 aromatic heterocycles. The summed E-state index contributed by atoms with van der Waals surface area (Å²) in [5, 5.41) is 12.7. The highest BCUT2D eigenvalue weighted by molar-refractivity contribution is 7.99. The number of rotatable bonds is 9. The van der Waals surface area contributed by atoms with Gasteiger partial charge in [0.2, 0.25) is 5.91 Å². The lowest BCUT2D eigenvalue weighted by atomic mass is 10.1. The third kappa shape index (κ3) is 5.63. The van der Waals surface area contributed by atoms with Crippen molar-refractivity contribution in [3.05, 3.63) is 38.2 Å². The lowest BCUT2D eigenvalue weighted by molar-refractivity contribution is -0.129. The van der Waals surface area contributed by atoms with Crippen LogP contribution in [0.15, 0.2) is 16.9 Å². The number of carbonyl (C=O) groups is 2. The van der Waals surface area contributed by atoms with Crippen molar-refractivity contribution in [1.29, 1.82) is 0 Å². The number of benzene rings is 1. The molecule has 1 aromatic carbocycles. The van der Waals surface area contributed by atoms with Crippen molar-refractivity contribution < 1.29 is 19.4 Å². The Morgan fingerprint density at radius 2 is 1.97 bits per heavy atom. The van der Waals surface area contributed by atoms with E-state index in [1.807, 2.05) is 6.92 Å². The maximum Gasteiger partial charge on any atom is 0.404 e. The van der Waals surface area contributed by atoms with E-state index in [9.17, 15) is 14.4 Å². The summed E-state index contributed by atoms with van der Waals surface area (Å²) in [6.07, 6.45) is 0.554. The van der Waals surface area contributed by atoms with Gasteiger partial charge in [0.25, 0.3) is 5.56 Å². The van der Waals surface area contributed by atoms with E-state index >= 15 is 0 Å². The monoisotopic (exact) mass is 501 g/mol. The second kappa shape index (κ2) is 11.2. The smallest absolute Gasteiger partial charge is 0.404 e. The van der Waals surface area contributed by atoms with Gasteiger partial charge < -0.3 is 24.6 Å². The van der Waals surface area contributed by atoms with Gasteiger partial charge >= 0.3 is 6.09 Å². The fourth-order valence-electron chi connectivity index (χ4n) is 3.49. The van der Waals surface area contributed by atoms with Gasteiger partial charge in [-0.1, -0.05) is 36.5 Å². The Morgan fingerprint density at radius 1 is 1.25 bits per heavy atom. The first-order valence-electron chi connectivity index (χ1n) is 10.3. The summed E-state index contributed by atoms with van der Waals surface area (Å²) in [5.41, 5.74) is -0.0322. The number of amides is 2. The zero-order valence-corrected chi connectivity index (χ0v) is 20.0. The van der Waals surface area contributed by atoms with Crippen LogP contribution in [0.3, 0.4) is 0 Å². The van der Waals surface area contributed by atoms with E-state index in [0.717, 1.165) is 18.6 Å². The summed E-state index contributed by atoms with van der Waals surface area (Å²) in [6.45, 7) is 3.02. The molecule has 1 saturated heterocycles. The molecular formula is C21H25Cl2N3O5S. The van der Waals surface area contributed by atoms with E-state index in [1.54, 1.807) is 22.7 Å². The van der Waals surface area contributed by atoms with Crippen LogP contribution in [0.5, 0.6) is 5.75 Å². The Hall–Kier alpha value is -2.10. The summed E-state index contributed by atoms with van der Waals surface area (Å²) in [4.78, 5) is 38.9. The number of carboxylic acid groups (broad SMARTS) is 1. The maximum atomic E-state index is 13.4. The molecule has 3 rings (SSSR count). The first-order valence-corrected chi connectivity index (χ1v) is 12.2. The Balaban J connectivity index is 2.10. The Labute approximate surface area is 199 Å². The van der Waals surface area contributed by atoms with Gasteiger partial charge in [-0.05, 0) is 18.6 Å². The van der Waals surface area contributed by atoms with Crippen molar-refractivity contribution in [2.75, 3.05) is 24.8 Å². The van der Waals surface area contributed by atoms with Gasteiger partial charge in [0.15, 0.2) is 0 Å². The molecule has 2 heterocycles. The number of carbonyl (C=O) groups excluding carboxylic acids is 1. The zero-order chi connectivity index (χ0) is 23.3. The molecule has 0 saturated carbocycles. The molecule has 0 spiro atoms. The number of nitrogens with zero attached hydrogens (tertiary/aromatic N) is 2. The number of thioether (sulfide) groups is 1. The molecule has 2 aromatic rings. The quantitative estimate of drug-likeness (QED) is 0.499. The zero-order valence-electron chi connectivity index (χ0n) is 17.7. The summed E-state index contributed by atoms with van der Waals surface area (Å²) < 4.78 is 7.43. The molecule has 174 valence electrons. The summed E-state index contributed by atoms with van der Waals surface area (Å²) in [7, 11) is 0. The second-order valence-corrected chi connectivity index (χ2v) is 9.24. The molecule has 32 heavy (non-hydrogen) atoms. The van der Waals surface area contributed by atoms with Crippen molar-refractivity contribution in [3.8, 4) is 5.75 Å². The highest BCUT2D eigenvalue weighted by Gasteiger charge is 2.23. The molecule has 0 radical (unpaired) electrons. The predicted octanol–water partition coefficient (Wildman–Crippen LogP) is 4.18. The number of hydrogen-bond acceptors (Lipinski definition) is 5. The summed E-state index contributed by atoms with van der Waals surface area (Å²) in [6, 6.07) is 3.04. The van der Waals surface area contributed by atoms with Crippen molar-refractivity contribution in [1.82, 2.24) is 14.8 Å². The number of unbranched alkanes of at least 4 members (excludes halogenated alkanes) is 1. The van der Waals surface area contributed by atoms with E-state index in [-0.39, 0.29) is 41.0 Å². The van der Waals surface area contributed by atoms with Crippen LogP contribution in [0.1, 0.15) is 31.9 Å². The second-order valence-electron chi connectivity index (χ2n) is 7.35. The minimum Gasteiger partial charge on any atom is -0.491 e. The summed E-state index contributed by atoms with van der Waals surface area (Å²) >= 11 is 14.1. The molecule has 0 bridgehead atoms. The van der Waals surface area contributed by atoms with Crippen molar-refractivity contribution in [2.45, 2.75) is 39.3 Å². The van der Waals surface area contributed by atoms with Crippen molar-refractivity contribution in [2.24, 2.45) is 0 Å². The molecule has 2 amide bonds. The van der Waals surface area contributed by atoms with E-state index < -0.39 is 6.09 Å². The number of hydrogen-bond donors (Lipinski definition) is 2. The Kier molecular flexibility index (Phi) is 8.56. The first-order chi connectivity index (χ1) is 15.3. The van der Waals surface area contributed by atoms with Crippen LogP contribution in [0.25, 0.3) is 10.8 Å². The highest BCUT2D eigenvalue weighted by atomic mass is 35.5. The topological polar surface area (TPSA) is 101 Å². The normalized spacial score (nSPS) is 13.5. The van der Waals surface area contributed by atoms with Gasteiger partial charge in [0.05, 0.1) is 40.2 Å². The van der Waals surface area contributed by atoms with E-state index in [1.165, 1.54) is 10.6 Å². The van der Waals surface area contributed by atoms with Gasteiger partial charge in [-0.2, -0.15) is 0 Å². The molecule has 2 N–H and O–H groups in total. The van der Waals surface area contributed by atoms with Crippen molar-refractivity contribution in [3.63, 3.8) is 0 Å². The minimum atomic E-state index is -1.23. The molecule has 0 aliphatic carbocycles. The fourth-order valence-corrected chi connectivity index (χ4v) is 4.78. The van der Waals surface area contributed by atoms with Crippen LogP contribution in [0.2, 0.25) is 10.0 Å². The number of nitrogens with one attached hydrogen (secondary N) is 1.